The lowest BCUT2D eigenvalue weighted by Crippen LogP contribution is -2.32. The average Bonchev–Trinajstić information content (AvgIpc) is 3.29. The van der Waals surface area contributed by atoms with Gasteiger partial charge in [0.2, 0.25) is 0 Å². The fraction of sp³-hybridized carbons (Fsp3) is 0.333. The van der Waals surface area contributed by atoms with Crippen molar-refractivity contribution in [3.8, 4) is 6.07 Å². The molecule has 6 nitrogen and oxygen atoms in total. The Kier molecular flexibility index (Phi) is 8.72. The molecule has 0 bridgehead atoms. The molecule has 0 aliphatic carbocycles. The molecular weight excluding hydrogens is 480 g/mol. The number of hydrogen-bond acceptors (Lipinski definition) is 5. The Labute approximate surface area is 231 Å². The van der Waals surface area contributed by atoms with E-state index in [1.165, 1.54) is 44.3 Å². The van der Waals surface area contributed by atoms with Gasteiger partial charge in [-0.2, -0.15) is 5.26 Å². The summed E-state index contributed by atoms with van der Waals surface area (Å²) in [6, 6.07) is 17.2. The van der Waals surface area contributed by atoms with E-state index in [9.17, 15) is 5.26 Å². The molecule has 6 heteroatoms. The van der Waals surface area contributed by atoms with Gasteiger partial charge in [0.1, 0.15) is 6.07 Å². The molecule has 2 aromatic carbocycles. The molecule has 0 saturated carbocycles. The molecule has 1 fully saturated rings. The molecule has 2 aromatic heterocycles. The highest BCUT2D eigenvalue weighted by Gasteiger charge is 2.13. The fourth-order valence-corrected chi connectivity index (χ4v) is 5.35. The van der Waals surface area contributed by atoms with E-state index in [0.29, 0.717) is 5.56 Å². The van der Waals surface area contributed by atoms with Crippen LogP contribution in [0, 0.1) is 25.2 Å². The topological polar surface area (TPSA) is 79.8 Å². The zero-order valence-corrected chi connectivity index (χ0v) is 23.1. The number of nitrogens with zero attached hydrogens (tertiary/aromatic N) is 3. The third kappa shape index (κ3) is 6.57. The summed E-state index contributed by atoms with van der Waals surface area (Å²) in [7, 11) is 0. The van der Waals surface area contributed by atoms with Crippen LogP contribution in [0.15, 0.2) is 54.9 Å². The SMILES string of the molecule is Cc1ncc(C#N)c(Nc2ccc3[nH]ccc3c2C)c1C=Cc1ccc(CNCCN2CCCCCC2)cc1. The van der Waals surface area contributed by atoms with Crippen molar-refractivity contribution in [2.45, 2.75) is 46.1 Å². The standard InChI is InChI=1S/C33H38N6/c1-24-29-15-16-36-32(29)14-13-31(24)38-33-28(21-34)23-37-25(2)30(33)12-11-26-7-9-27(10-8-26)22-35-17-20-39-18-5-3-4-6-19-39/h7-16,23,35-36H,3-6,17-20,22H2,1-2H3,(H,37,38). The van der Waals surface area contributed by atoms with E-state index in [1.54, 1.807) is 6.20 Å². The number of aromatic nitrogens is 2. The number of rotatable bonds is 9. The number of hydrogen-bond donors (Lipinski definition) is 3. The molecule has 1 saturated heterocycles. The Morgan fingerprint density at radius 3 is 2.56 bits per heavy atom. The van der Waals surface area contributed by atoms with Gasteiger partial charge in [0, 0.05) is 59.9 Å². The summed E-state index contributed by atoms with van der Waals surface area (Å²) in [5.74, 6) is 0. The number of nitrogens with one attached hydrogen (secondary N) is 3. The zero-order chi connectivity index (χ0) is 27.0. The summed E-state index contributed by atoms with van der Waals surface area (Å²) in [6.07, 6.45) is 13.2. The number of aryl methyl sites for hydroxylation is 2. The highest BCUT2D eigenvalue weighted by atomic mass is 15.1. The Hall–Kier alpha value is -3.92. The van der Waals surface area contributed by atoms with Gasteiger partial charge in [-0.15, -0.1) is 0 Å². The molecule has 5 rings (SSSR count). The van der Waals surface area contributed by atoms with Crippen LogP contribution in [0.2, 0.25) is 0 Å². The average molecular weight is 519 g/mol. The van der Waals surface area contributed by atoms with Gasteiger partial charge in [-0.3, -0.25) is 4.98 Å². The van der Waals surface area contributed by atoms with Crippen molar-refractivity contribution < 1.29 is 0 Å². The lowest BCUT2D eigenvalue weighted by molar-refractivity contribution is 0.284. The van der Waals surface area contributed by atoms with Crippen LogP contribution in [0.1, 0.15) is 59.2 Å². The molecule has 39 heavy (non-hydrogen) atoms. The third-order valence-corrected chi connectivity index (χ3v) is 7.75. The van der Waals surface area contributed by atoms with E-state index in [1.807, 2.05) is 13.1 Å². The minimum absolute atomic E-state index is 0.524. The van der Waals surface area contributed by atoms with E-state index < -0.39 is 0 Å². The molecule has 0 amide bonds. The number of anilines is 2. The molecule has 200 valence electrons. The first-order valence-electron chi connectivity index (χ1n) is 14.1. The van der Waals surface area contributed by atoms with E-state index in [-0.39, 0.29) is 0 Å². The van der Waals surface area contributed by atoms with Crippen LogP contribution in [0.4, 0.5) is 11.4 Å². The molecule has 0 atom stereocenters. The van der Waals surface area contributed by atoms with Crippen molar-refractivity contribution in [3.05, 3.63) is 88.4 Å². The summed E-state index contributed by atoms with van der Waals surface area (Å²) < 4.78 is 0. The van der Waals surface area contributed by atoms with Crippen LogP contribution in [0.25, 0.3) is 23.1 Å². The summed E-state index contributed by atoms with van der Waals surface area (Å²) in [5.41, 5.74) is 8.70. The highest BCUT2D eigenvalue weighted by molar-refractivity contribution is 5.90. The summed E-state index contributed by atoms with van der Waals surface area (Å²) in [6.45, 7) is 9.60. The number of benzene rings is 2. The number of aromatic amines is 1. The summed E-state index contributed by atoms with van der Waals surface area (Å²) >= 11 is 0. The monoisotopic (exact) mass is 518 g/mol. The summed E-state index contributed by atoms with van der Waals surface area (Å²) in [5, 5.41) is 18.2. The fourth-order valence-electron chi connectivity index (χ4n) is 5.35. The van der Waals surface area contributed by atoms with Crippen molar-refractivity contribution in [1.29, 1.82) is 5.26 Å². The van der Waals surface area contributed by atoms with Crippen molar-refractivity contribution in [2.75, 3.05) is 31.5 Å². The van der Waals surface area contributed by atoms with E-state index in [4.69, 9.17) is 0 Å². The predicted octanol–water partition coefficient (Wildman–Crippen LogP) is 6.93. The molecule has 1 aliphatic heterocycles. The van der Waals surface area contributed by atoms with Gasteiger partial charge in [-0.05, 0) is 74.7 Å². The Bertz CT molecular complexity index is 1470. The number of fused-ring (bicyclic) bond motifs is 1. The Morgan fingerprint density at radius 2 is 1.79 bits per heavy atom. The van der Waals surface area contributed by atoms with Crippen molar-refractivity contribution in [3.63, 3.8) is 0 Å². The van der Waals surface area contributed by atoms with Crippen LogP contribution < -0.4 is 10.6 Å². The van der Waals surface area contributed by atoms with Gasteiger partial charge < -0.3 is 20.5 Å². The number of pyridine rings is 1. The largest absolute Gasteiger partial charge is 0.361 e. The molecule has 0 spiro atoms. The second-order valence-electron chi connectivity index (χ2n) is 10.5. The molecule has 1 aliphatic rings. The quantitative estimate of drug-likeness (QED) is 0.209. The van der Waals surface area contributed by atoms with Crippen LogP contribution in [0.3, 0.4) is 0 Å². The predicted molar refractivity (Wildman–Crippen MR) is 162 cm³/mol. The maximum atomic E-state index is 9.84. The minimum Gasteiger partial charge on any atom is -0.361 e. The zero-order valence-electron chi connectivity index (χ0n) is 23.1. The van der Waals surface area contributed by atoms with Gasteiger partial charge in [0.15, 0.2) is 0 Å². The van der Waals surface area contributed by atoms with Crippen molar-refractivity contribution in [2.24, 2.45) is 0 Å². The van der Waals surface area contributed by atoms with Gasteiger partial charge in [0.05, 0.1) is 11.3 Å². The van der Waals surface area contributed by atoms with Gasteiger partial charge in [-0.25, -0.2) is 0 Å². The van der Waals surface area contributed by atoms with Gasteiger partial charge in [-0.1, -0.05) is 49.3 Å². The number of likely N-dealkylation sites (tertiary alicyclic amines) is 1. The molecule has 0 unspecified atom stereocenters. The first-order chi connectivity index (χ1) is 19.1. The highest BCUT2D eigenvalue weighted by Crippen LogP contribution is 2.32. The maximum absolute atomic E-state index is 9.84. The van der Waals surface area contributed by atoms with E-state index >= 15 is 0 Å². The normalized spacial score (nSPS) is 14.5. The van der Waals surface area contributed by atoms with E-state index in [2.05, 4.69) is 93.1 Å². The van der Waals surface area contributed by atoms with Crippen LogP contribution in [-0.4, -0.2) is 41.0 Å². The minimum atomic E-state index is 0.524. The lowest BCUT2D eigenvalue weighted by Gasteiger charge is -2.19. The molecule has 4 aromatic rings. The molecular formula is C33H38N6. The first kappa shape index (κ1) is 26.7. The first-order valence-corrected chi connectivity index (χ1v) is 14.1. The summed E-state index contributed by atoms with van der Waals surface area (Å²) in [4.78, 5) is 10.3. The third-order valence-electron chi connectivity index (χ3n) is 7.75. The van der Waals surface area contributed by atoms with Crippen LogP contribution in [-0.2, 0) is 6.54 Å². The second-order valence-corrected chi connectivity index (χ2v) is 10.5. The molecule has 3 N–H and O–H groups in total. The van der Waals surface area contributed by atoms with Crippen molar-refractivity contribution in [1.82, 2.24) is 20.2 Å². The van der Waals surface area contributed by atoms with Gasteiger partial charge in [0.25, 0.3) is 0 Å². The van der Waals surface area contributed by atoms with Crippen LogP contribution >= 0.6 is 0 Å². The van der Waals surface area contributed by atoms with E-state index in [0.717, 1.165) is 64.3 Å². The molecule has 0 radical (unpaired) electrons. The van der Waals surface area contributed by atoms with Crippen molar-refractivity contribution >= 4 is 34.4 Å². The Balaban J connectivity index is 1.26. The van der Waals surface area contributed by atoms with Gasteiger partial charge >= 0.3 is 0 Å². The smallest absolute Gasteiger partial charge is 0.103 e. The maximum Gasteiger partial charge on any atom is 0.103 e. The second kappa shape index (κ2) is 12.8. The number of nitriles is 1. The Morgan fingerprint density at radius 1 is 1.00 bits per heavy atom. The molecule has 3 heterocycles. The lowest BCUT2D eigenvalue weighted by atomic mass is 10.0. The number of H-pyrrole nitrogens is 1. The van der Waals surface area contributed by atoms with Crippen LogP contribution in [0.5, 0.6) is 0 Å².